The molecule has 1 rings (SSSR count). The number of nitrogens with one attached hydrogen (secondary N) is 1. The van der Waals surface area contributed by atoms with E-state index in [9.17, 15) is 9.59 Å². The second-order valence-electron chi connectivity index (χ2n) is 5.13. The van der Waals surface area contributed by atoms with Gasteiger partial charge in [-0.2, -0.15) is 0 Å². The molecule has 0 aliphatic carbocycles. The van der Waals surface area contributed by atoms with Crippen molar-refractivity contribution in [2.45, 2.75) is 39.2 Å². The zero-order chi connectivity index (χ0) is 14.5. The molecule has 0 aliphatic heterocycles. The van der Waals surface area contributed by atoms with Gasteiger partial charge in [0.15, 0.2) is 0 Å². The van der Waals surface area contributed by atoms with E-state index in [1.165, 1.54) is 11.3 Å². The Balaban J connectivity index is 2.65. The molecule has 1 heterocycles. The van der Waals surface area contributed by atoms with Gasteiger partial charge in [0.1, 0.15) is 5.60 Å². The number of rotatable bonds is 5. The molecule has 7 heteroatoms. The number of thiazole rings is 1. The fourth-order valence-electron chi connectivity index (χ4n) is 1.52. The van der Waals surface area contributed by atoms with Gasteiger partial charge in [0.2, 0.25) is 5.91 Å². The number of hydrogen-bond acceptors (Lipinski definition) is 6. The Hall–Kier alpha value is -1.47. The van der Waals surface area contributed by atoms with Crippen LogP contribution in [0.25, 0.3) is 0 Å². The molecule has 6 nitrogen and oxygen atoms in total. The molecule has 0 aromatic carbocycles. The molecular weight excluding hydrogens is 266 g/mol. The van der Waals surface area contributed by atoms with E-state index in [2.05, 4.69) is 10.4 Å². The van der Waals surface area contributed by atoms with Crippen molar-refractivity contribution in [2.24, 2.45) is 11.8 Å². The third-order valence-corrected chi connectivity index (χ3v) is 3.05. The lowest BCUT2D eigenvalue weighted by molar-refractivity contribution is -0.157. The molecule has 0 aliphatic rings. The number of aromatic nitrogens is 1. The number of esters is 1. The van der Waals surface area contributed by atoms with Gasteiger partial charge in [0.05, 0.1) is 17.3 Å². The monoisotopic (exact) mass is 285 g/mol. The molecule has 0 saturated carbocycles. The first kappa shape index (κ1) is 15.6. The van der Waals surface area contributed by atoms with Gasteiger partial charge in [-0.05, 0) is 20.8 Å². The van der Waals surface area contributed by atoms with E-state index in [1.807, 2.05) is 5.38 Å². The summed E-state index contributed by atoms with van der Waals surface area (Å²) in [6.45, 7) is 5.34. The SMILES string of the molecule is CC(C)(C)OC(=O)CC(Cc1nccs1)C(=O)NN. The highest BCUT2D eigenvalue weighted by molar-refractivity contribution is 7.09. The minimum atomic E-state index is -0.567. The lowest BCUT2D eigenvalue weighted by Gasteiger charge is -2.21. The summed E-state index contributed by atoms with van der Waals surface area (Å²) in [4.78, 5) is 27.5. The maximum absolute atomic E-state index is 11.8. The van der Waals surface area contributed by atoms with Crippen LogP contribution < -0.4 is 11.3 Å². The minimum Gasteiger partial charge on any atom is -0.460 e. The molecule has 3 N–H and O–H groups in total. The van der Waals surface area contributed by atoms with E-state index in [0.717, 1.165) is 5.01 Å². The fourth-order valence-corrected chi connectivity index (χ4v) is 2.22. The van der Waals surface area contributed by atoms with E-state index in [1.54, 1.807) is 27.0 Å². The largest absolute Gasteiger partial charge is 0.460 e. The standard InChI is InChI=1S/C12H19N3O3S/c1-12(2,3)18-10(16)7-8(11(17)15-13)6-9-14-4-5-19-9/h4-5,8H,6-7,13H2,1-3H3,(H,15,17). The zero-order valence-corrected chi connectivity index (χ0v) is 12.1. The normalized spacial score (nSPS) is 12.8. The van der Waals surface area contributed by atoms with Crippen molar-refractivity contribution in [1.29, 1.82) is 0 Å². The van der Waals surface area contributed by atoms with E-state index in [0.29, 0.717) is 6.42 Å². The Bertz CT molecular complexity index is 426. The topological polar surface area (TPSA) is 94.3 Å². The number of carbonyl (C=O) groups excluding carboxylic acids is 2. The highest BCUT2D eigenvalue weighted by Crippen LogP contribution is 2.17. The van der Waals surface area contributed by atoms with Gasteiger partial charge in [-0.15, -0.1) is 11.3 Å². The van der Waals surface area contributed by atoms with Crippen LogP contribution in [0.3, 0.4) is 0 Å². The predicted molar refractivity (Wildman–Crippen MR) is 72.1 cm³/mol. The van der Waals surface area contributed by atoms with Crippen LogP contribution in [-0.2, 0) is 20.7 Å². The first-order valence-electron chi connectivity index (χ1n) is 5.92. The highest BCUT2D eigenvalue weighted by atomic mass is 32.1. The van der Waals surface area contributed by atoms with Gasteiger partial charge in [0, 0.05) is 18.0 Å². The van der Waals surface area contributed by atoms with Gasteiger partial charge in [-0.25, -0.2) is 10.8 Å². The third kappa shape index (κ3) is 5.80. The molecule has 0 radical (unpaired) electrons. The summed E-state index contributed by atoms with van der Waals surface area (Å²) in [6.07, 6.45) is 2.02. The first-order chi connectivity index (χ1) is 8.81. The molecule has 1 amide bonds. The molecule has 19 heavy (non-hydrogen) atoms. The van der Waals surface area contributed by atoms with Gasteiger partial charge in [0.25, 0.3) is 0 Å². The molecule has 0 spiro atoms. The number of hydrogen-bond donors (Lipinski definition) is 2. The third-order valence-electron chi connectivity index (χ3n) is 2.25. The lowest BCUT2D eigenvalue weighted by atomic mass is 10.0. The van der Waals surface area contributed by atoms with E-state index in [-0.39, 0.29) is 12.3 Å². The molecule has 0 saturated heterocycles. The Kier molecular flexibility index (Phi) is 5.44. The van der Waals surface area contributed by atoms with E-state index >= 15 is 0 Å². The maximum Gasteiger partial charge on any atom is 0.307 e. The lowest BCUT2D eigenvalue weighted by Crippen LogP contribution is -2.38. The van der Waals surface area contributed by atoms with Gasteiger partial charge in [-0.3, -0.25) is 15.0 Å². The predicted octanol–water partition coefficient (Wildman–Crippen LogP) is 1.02. The summed E-state index contributed by atoms with van der Waals surface area (Å²) in [5, 5.41) is 2.61. The Morgan fingerprint density at radius 3 is 2.68 bits per heavy atom. The number of nitrogens with zero attached hydrogens (tertiary/aromatic N) is 1. The second-order valence-corrected chi connectivity index (χ2v) is 6.11. The Morgan fingerprint density at radius 1 is 1.53 bits per heavy atom. The summed E-state index contributed by atoms with van der Waals surface area (Å²) in [6, 6.07) is 0. The molecule has 1 atom stereocenters. The van der Waals surface area contributed by atoms with Crippen LogP contribution in [0.5, 0.6) is 0 Å². The summed E-state index contributed by atoms with van der Waals surface area (Å²) < 4.78 is 5.21. The van der Waals surface area contributed by atoms with Gasteiger partial charge < -0.3 is 4.74 Å². The highest BCUT2D eigenvalue weighted by Gasteiger charge is 2.26. The molecule has 1 unspecified atom stereocenters. The van der Waals surface area contributed by atoms with Gasteiger partial charge in [-0.1, -0.05) is 0 Å². The molecule has 106 valence electrons. The Labute approximate surface area is 116 Å². The summed E-state index contributed by atoms with van der Waals surface area (Å²) >= 11 is 1.44. The summed E-state index contributed by atoms with van der Waals surface area (Å²) in [7, 11) is 0. The van der Waals surface area contributed by atoms with E-state index < -0.39 is 17.5 Å². The van der Waals surface area contributed by atoms with Crippen molar-refractivity contribution in [2.75, 3.05) is 0 Å². The molecular formula is C12H19N3O3S. The molecule has 1 aromatic heterocycles. The summed E-state index contributed by atoms with van der Waals surface area (Å²) in [5.41, 5.74) is 1.51. The summed E-state index contributed by atoms with van der Waals surface area (Å²) in [5.74, 6) is 3.77. The van der Waals surface area contributed by atoms with Crippen LogP contribution in [0.15, 0.2) is 11.6 Å². The Morgan fingerprint density at radius 2 is 2.21 bits per heavy atom. The fraction of sp³-hybridized carbons (Fsp3) is 0.583. The van der Waals surface area contributed by atoms with Crippen LogP contribution in [0.2, 0.25) is 0 Å². The van der Waals surface area contributed by atoms with Crippen LogP contribution >= 0.6 is 11.3 Å². The maximum atomic E-state index is 11.8. The average molecular weight is 285 g/mol. The smallest absolute Gasteiger partial charge is 0.307 e. The van der Waals surface area contributed by atoms with Crippen LogP contribution in [0.4, 0.5) is 0 Å². The number of nitrogens with two attached hydrogens (primary N) is 1. The van der Waals surface area contributed by atoms with Crippen LogP contribution in [0, 0.1) is 5.92 Å². The molecule has 1 aromatic rings. The van der Waals surface area contributed by atoms with Crippen molar-refractivity contribution in [3.8, 4) is 0 Å². The molecule has 0 fully saturated rings. The van der Waals surface area contributed by atoms with E-state index in [4.69, 9.17) is 10.6 Å². The van der Waals surface area contributed by atoms with Crippen LogP contribution in [0.1, 0.15) is 32.2 Å². The quantitative estimate of drug-likeness (QED) is 0.364. The first-order valence-corrected chi connectivity index (χ1v) is 6.80. The van der Waals surface area contributed by atoms with Crippen molar-refractivity contribution in [3.63, 3.8) is 0 Å². The van der Waals surface area contributed by atoms with Crippen molar-refractivity contribution < 1.29 is 14.3 Å². The number of ether oxygens (including phenoxy) is 1. The number of amides is 1. The number of hydrazine groups is 1. The zero-order valence-electron chi connectivity index (χ0n) is 11.3. The average Bonchev–Trinajstić information content (AvgIpc) is 2.77. The second kappa shape index (κ2) is 6.63. The minimum absolute atomic E-state index is 0.0140. The van der Waals surface area contributed by atoms with Crippen molar-refractivity contribution >= 4 is 23.2 Å². The number of carbonyl (C=O) groups is 2. The van der Waals surface area contributed by atoms with Gasteiger partial charge >= 0.3 is 5.97 Å². The van der Waals surface area contributed by atoms with Crippen molar-refractivity contribution in [1.82, 2.24) is 10.4 Å². The molecule has 0 bridgehead atoms. The van der Waals surface area contributed by atoms with Crippen LogP contribution in [-0.4, -0.2) is 22.5 Å². The van der Waals surface area contributed by atoms with Crippen molar-refractivity contribution in [3.05, 3.63) is 16.6 Å².